The van der Waals surface area contributed by atoms with Crippen molar-refractivity contribution in [3.63, 3.8) is 0 Å². The number of carboxylic acids is 1. The van der Waals surface area contributed by atoms with E-state index in [1.807, 2.05) is 0 Å². The predicted molar refractivity (Wildman–Crippen MR) is 60.6 cm³/mol. The summed E-state index contributed by atoms with van der Waals surface area (Å²) in [5, 5.41) is 12.9. The first-order chi connectivity index (χ1) is 8.77. The Morgan fingerprint density at radius 3 is 2.42 bits per heavy atom. The molecule has 1 fully saturated rings. The zero-order valence-electron chi connectivity index (χ0n) is 10.5. The van der Waals surface area contributed by atoms with E-state index in [1.54, 1.807) is 0 Å². The second-order valence-corrected chi connectivity index (χ2v) is 5.01. The van der Waals surface area contributed by atoms with Gasteiger partial charge < -0.3 is 5.11 Å². The van der Waals surface area contributed by atoms with Gasteiger partial charge in [0, 0.05) is 18.8 Å². The van der Waals surface area contributed by atoms with Gasteiger partial charge in [-0.2, -0.15) is 18.3 Å². The quantitative estimate of drug-likeness (QED) is 0.903. The Balaban J connectivity index is 2.57. The highest BCUT2D eigenvalue weighted by atomic mass is 19.4. The van der Waals surface area contributed by atoms with Crippen LogP contribution in [0, 0.1) is 0 Å². The third kappa shape index (κ3) is 2.33. The smallest absolute Gasteiger partial charge is 0.435 e. The largest absolute Gasteiger partial charge is 0.481 e. The lowest BCUT2D eigenvalue weighted by Gasteiger charge is -2.33. The van der Waals surface area contributed by atoms with Gasteiger partial charge in [0.25, 0.3) is 0 Å². The topological polar surface area (TPSA) is 55.1 Å². The molecule has 0 saturated heterocycles. The molecule has 0 spiro atoms. The molecule has 19 heavy (non-hydrogen) atoms. The third-order valence-electron chi connectivity index (χ3n) is 3.73. The van der Waals surface area contributed by atoms with Crippen LogP contribution in [-0.2, 0) is 23.4 Å². The fourth-order valence-electron chi connectivity index (χ4n) is 2.80. The van der Waals surface area contributed by atoms with Crippen molar-refractivity contribution in [3.8, 4) is 0 Å². The average Bonchev–Trinajstić information content (AvgIpc) is 2.72. The van der Waals surface area contributed by atoms with E-state index < -0.39 is 23.3 Å². The van der Waals surface area contributed by atoms with Crippen LogP contribution in [0.2, 0.25) is 0 Å². The second kappa shape index (κ2) is 4.54. The normalized spacial score (nSPS) is 19.4. The Hall–Kier alpha value is -1.53. The number of halogens is 3. The van der Waals surface area contributed by atoms with Crippen molar-refractivity contribution in [3.05, 3.63) is 17.5 Å². The number of aromatic nitrogens is 2. The lowest BCUT2D eigenvalue weighted by Crippen LogP contribution is -2.39. The van der Waals surface area contributed by atoms with Crippen molar-refractivity contribution >= 4 is 5.97 Å². The van der Waals surface area contributed by atoms with E-state index in [9.17, 15) is 23.1 Å². The second-order valence-electron chi connectivity index (χ2n) is 5.01. The van der Waals surface area contributed by atoms with E-state index in [4.69, 9.17) is 0 Å². The molecule has 0 aromatic carbocycles. The Kier molecular flexibility index (Phi) is 3.32. The number of carbonyl (C=O) groups is 1. The van der Waals surface area contributed by atoms with E-state index in [0.717, 1.165) is 11.1 Å². The molecule has 0 amide bonds. The Bertz CT molecular complexity index is 488. The molecule has 106 valence electrons. The molecule has 1 aromatic heterocycles. The van der Waals surface area contributed by atoms with Crippen LogP contribution in [-0.4, -0.2) is 20.9 Å². The summed E-state index contributed by atoms with van der Waals surface area (Å²) < 4.78 is 40.0. The molecule has 0 unspecified atom stereocenters. The van der Waals surface area contributed by atoms with Gasteiger partial charge in [-0.15, -0.1) is 0 Å². The lowest BCUT2D eigenvalue weighted by atomic mass is 9.69. The van der Waals surface area contributed by atoms with Crippen LogP contribution in [0.5, 0.6) is 0 Å². The van der Waals surface area contributed by atoms with Crippen molar-refractivity contribution in [2.45, 2.75) is 43.7 Å². The van der Waals surface area contributed by atoms with Crippen LogP contribution < -0.4 is 0 Å². The first-order valence-corrected chi connectivity index (χ1v) is 6.12. The Morgan fingerprint density at radius 1 is 1.37 bits per heavy atom. The summed E-state index contributed by atoms with van der Waals surface area (Å²) in [7, 11) is 1.37. The summed E-state index contributed by atoms with van der Waals surface area (Å²) in [6.07, 6.45) is -0.861. The molecule has 7 heteroatoms. The molecule has 0 atom stereocenters. The van der Waals surface area contributed by atoms with E-state index in [1.165, 1.54) is 13.2 Å². The first-order valence-electron chi connectivity index (χ1n) is 6.12. The molecule has 0 aliphatic heterocycles. The maximum absolute atomic E-state index is 13.0. The summed E-state index contributed by atoms with van der Waals surface area (Å²) in [6.45, 7) is 0. The molecule has 0 radical (unpaired) electrons. The van der Waals surface area contributed by atoms with Crippen LogP contribution >= 0.6 is 0 Å². The van der Waals surface area contributed by atoms with Crippen LogP contribution in [0.15, 0.2) is 6.20 Å². The van der Waals surface area contributed by atoms with E-state index >= 15 is 0 Å². The minimum Gasteiger partial charge on any atom is -0.481 e. The van der Waals surface area contributed by atoms with Crippen LogP contribution in [0.25, 0.3) is 0 Å². The Morgan fingerprint density at radius 2 is 1.95 bits per heavy atom. The van der Waals surface area contributed by atoms with Gasteiger partial charge in [-0.3, -0.25) is 9.48 Å². The van der Waals surface area contributed by atoms with Gasteiger partial charge in [0.05, 0.1) is 5.41 Å². The molecule has 2 rings (SSSR count). The summed E-state index contributed by atoms with van der Waals surface area (Å²) in [4.78, 5) is 11.6. The molecule has 0 bridgehead atoms. The zero-order valence-corrected chi connectivity index (χ0v) is 10.5. The number of nitrogens with zero attached hydrogens (tertiary/aromatic N) is 2. The number of aliphatic carboxylic acids is 1. The van der Waals surface area contributed by atoms with Crippen molar-refractivity contribution in [2.24, 2.45) is 7.05 Å². The maximum atomic E-state index is 13.0. The Labute approximate surface area is 108 Å². The number of hydrogen-bond acceptors (Lipinski definition) is 2. The number of carboxylic acid groups (broad SMARTS) is 1. The number of aryl methyl sites for hydroxylation is 1. The fourth-order valence-corrected chi connectivity index (χ4v) is 2.80. The van der Waals surface area contributed by atoms with Gasteiger partial charge >= 0.3 is 12.1 Å². The molecular weight excluding hydrogens is 261 g/mol. The number of alkyl halides is 3. The van der Waals surface area contributed by atoms with Crippen LogP contribution in [0.4, 0.5) is 13.2 Å². The molecule has 1 N–H and O–H groups in total. The predicted octanol–water partition coefficient (Wildman–Crippen LogP) is 2.73. The standard InChI is InChI=1S/C12H15F3N2O2/c1-17-7-8(9(16-17)12(13,14)15)11(10(18)19)5-3-2-4-6-11/h7H,2-6H2,1H3,(H,18,19). The molecule has 1 saturated carbocycles. The lowest BCUT2D eigenvalue weighted by molar-refractivity contribution is -0.148. The highest BCUT2D eigenvalue weighted by Crippen LogP contribution is 2.44. The summed E-state index contributed by atoms with van der Waals surface area (Å²) in [6, 6.07) is 0. The van der Waals surface area contributed by atoms with E-state index in [2.05, 4.69) is 5.10 Å². The number of rotatable bonds is 2. The van der Waals surface area contributed by atoms with E-state index in [-0.39, 0.29) is 18.4 Å². The summed E-state index contributed by atoms with van der Waals surface area (Å²) in [5.41, 5.74) is -2.72. The minimum atomic E-state index is -4.63. The minimum absolute atomic E-state index is 0.199. The third-order valence-corrected chi connectivity index (χ3v) is 3.73. The molecule has 1 aliphatic carbocycles. The van der Waals surface area contributed by atoms with Gasteiger partial charge in [0.15, 0.2) is 5.69 Å². The molecular formula is C12H15F3N2O2. The van der Waals surface area contributed by atoms with Crippen molar-refractivity contribution in [1.82, 2.24) is 9.78 Å². The summed E-state index contributed by atoms with van der Waals surface area (Å²) in [5.74, 6) is -1.19. The SMILES string of the molecule is Cn1cc(C2(C(=O)O)CCCCC2)c(C(F)(F)F)n1. The van der Waals surface area contributed by atoms with Crippen molar-refractivity contribution < 1.29 is 23.1 Å². The zero-order chi connectivity index (χ0) is 14.3. The number of hydrogen-bond donors (Lipinski definition) is 1. The van der Waals surface area contributed by atoms with Gasteiger partial charge in [0.2, 0.25) is 0 Å². The molecule has 1 aliphatic rings. The average molecular weight is 276 g/mol. The van der Waals surface area contributed by atoms with Gasteiger partial charge in [-0.05, 0) is 12.8 Å². The molecule has 4 nitrogen and oxygen atoms in total. The highest BCUT2D eigenvalue weighted by molar-refractivity contribution is 5.82. The summed E-state index contributed by atoms with van der Waals surface area (Å²) >= 11 is 0. The molecule has 1 heterocycles. The monoisotopic (exact) mass is 276 g/mol. The van der Waals surface area contributed by atoms with Gasteiger partial charge in [-0.1, -0.05) is 19.3 Å². The van der Waals surface area contributed by atoms with Crippen molar-refractivity contribution in [2.75, 3.05) is 0 Å². The fraction of sp³-hybridized carbons (Fsp3) is 0.667. The van der Waals surface area contributed by atoms with Crippen LogP contribution in [0.1, 0.15) is 43.4 Å². The molecule has 1 aromatic rings. The van der Waals surface area contributed by atoms with E-state index in [0.29, 0.717) is 12.8 Å². The highest BCUT2D eigenvalue weighted by Gasteiger charge is 2.49. The van der Waals surface area contributed by atoms with Gasteiger partial charge in [-0.25, -0.2) is 0 Å². The first kappa shape index (κ1) is 13.9. The maximum Gasteiger partial charge on any atom is 0.435 e. The van der Waals surface area contributed by atoms with Crippen LogP contribution in [0.3, 0.4) is 0 Å². The van der Waals surface area contributed by atoms with Gasteiger partial charge in [0.1, 0.15) is 0 Å². The van der Waals surface area contributed by atoms with Crippen molar-refractivity contribution in [1.29, 1.82) is 0 Å².